The van der Waals surface area contributed by atoms with Gasteiger partial charge in [-0.1, -0.05) is 11.5 Å². The molecule has 0 saturated carbocycles. The van der Waals surface area contributed by atoms with E-state index in [4.69, 9.17) is 4.42 Å². The third-order valence-electron chi connectivity index (χ3n) is 4.42. The van der Waals surface area contributed by atoms with E-state index in [0.29, 0.717) is 23.8 Å². The molecule has 1 N–H and O–H groups in total. The molecule has 1 saturated heterocycles. The highest BCUT2D eigenvalue weighted by molar-refractivity contribution is 7.97. The zero-order valence-corrected chi connectivity index (χ0v) is 16.8. The molecule has 8 nitrogen and oxygen atoms in total. The van der Waals surface area contributed by atoms with Crippen molar-refractivity contribution in [3.63, 3.8) is 0 Å². The molecule has 10 heteroatoms. The predicted molar refractivity (Wildman–Crippen MR) is 103 cm³/mol. The number of nitrogens with one attached hydrogen (secondary N) is 1. The summed E-state index contributed by atoms with van der Waals surface area (Å²) in [6.07, 6.45) is 4.68. The molecule has 1 aliphatic heterocycles. The topological polar surface area (TPSA) is 105 Å². The molecule has 1 aromatic heterocycles. The van der Waals surface area contributed by atoms with E-state index in [1.165, 1.54) is 40.3 Å². The highest BCUT2D eigenvalue weighted by atomic mass is 32.2. The lowest BCUT2D eigenvalue weighted by molar-refractivity contribution is 0.102. The largest absolute Gasteiger partial charge is 0.407 e. The standard InChI is InChI=1S/C17H22N4O4S2/c1-12-5-3-4-10-21(12)27(23,24)14-8-6-13(7-9-14)16(22)18-17-20-19-15(25-17)11-26-2/h6-9,12H,3-5,10-11H2,1-2H3,(H,18,20,22)/t12-/m0/s1. The van der Waals surface area contributed by atoms with Crippen molar-refractivity contribution in [3.05, 3.63) is 35.7 Å². The number of rotatable bonds is 6. The first-order valence-electron chi connectivity index (χ1n) is 8.66. The maximum Gasteiger partial charge on any atom is 0.322 e. The van der Waals surface area contributed by atoms with Crippen LogP contribution in [0.2, 0.25) is 0 Å². The van der Waals surface area contributed by atoms with Gasteiger partial charge in [-0.05, 0) is 50.3 Å². The second-order valence-corrected chi connectivity index (χ2v) is 9.13. The molecule has 27 heavy (non-hydrogen) atoms. The molecular weight excluding hydrogens is 388 g/mol. The van der Waals surface area contributed by atoms with E-state index in [1.54, 1.807) is 0 Å². The van der Waals surface area contributed by atoms with Gasteiger partial charge in [-0.25, -0.2) is 8.42 Å². The summed E-state index contributed by atoms with van der Waals surface area (Å²) in [5.74, 6) is 0.546. The molecule has 1 amide bonds. The number of nitrogens with zero attached hydrogens (tertiary/aromatic N) is 3. The average Bonchev–Trinajstić information content (AvgIpc) is 3.09. The summed E-state index contributed by atoms with van der Waals surface area (Å²) in [6, 6.07) is 5.88. The Bertz CT molecular complexity index is 896. The number of benzene rings is 1. The summed E-state index contributed by atoms with van der Waals surface area (Å²) in [6.45, 7) is 2.45. The van der Waals surface area contributed by atoms with Gasteiger partial charge in [0.1, 0.15) is 0 Å². The molecule has 2 heterocycles. The van der Waals surface area contributed by atoms with Crippen molar-refractivity contribution >= 4 is 33.7 Å². The maximum absolute atomic E-state index is 12.8. The van der Waals surface area contributed by atoms with Gasteiger partial charge in [0.2, 0.25) is 15.9 Å². The Morgan fingerprint density at radius 1 is 1.30 bits per heavy atom. The summed E-state index contributed by atoms with van der Waals surface area (Å²) in [5, 5.41) is 10.1. The molecule has 1 aliphatic rings. The van der Waals surface area contributed by atoms with Crippen molar-refractivity contribution in [1.29, 1.82) is 0 Å². The Kier molecular flexibility index (Phi) is 6.18. The molecule has 0 unspecified atom stereocenters. The van der Waals surface area contributed by atoms with E-state index in [0.717, 1.165) is 19.3 Å². The number of thioether (sulfide) groups is 1. The van der Waals surface area contributed by atoms with Crippen LogP contribution in [0.15, 0.2) is 33.6 Å². The van der Waals surface area contributed by atoms with Crippen molar-refractivity contribution in [2.45, 2.75) is 42.9 Å². The third-order valence-corrected chi connectivity index (χ3v) is 6.98. The van der Waals surface area contributed by atoms with Crippen LogP contribution in [0.1, 0.15) is 42.4 Å². The number of piperidine rings is 1. The SMILES string of the molecule is CSCc1nnc(NC(=O)c2ccc(S(=O)(=O)N3CCCC[C@@H]3C)cc2)o1. The number of hydrogen-bond acceptors (Lipinski definition) is 7. The Labute approximate surface area is 162 Å². The molecule has 1 aromatic carbocycles. The van der Waals surface area contributed by atoms with E-state index in [9.17, 15) is 13.2 Å². The number of amides is 1. The third kappa shape index (κ3) is 4.50. The second-order valence-electron chi connectivity index (χ2n) is 6.37. The van der Waals surface area contributed by atoms with Crippen molar-refractivity contribution in [1.82, 2.24) is 14.5 Å². The van der Waals surface area contributed by atoms with Gasteiger partial charge >= 0.3 is 6.01 Å². The van der Waals surface area contributed by atoms with Gasteiger partial charge in [-0.15, -0.1) is 5.10 Å². The fourth-order valence-corrected chi connectivity index (χ4v) is 5.06. The Morgan fingerprint density at radius 3 is 2.70 bits per heavy atom. The zero-order valence-electron chi connectivity index (χ0n) is 15.2. The second kappa shape index (κ2) is 8.41. The van der Waals surface area contributed by atoms with E-state index in [-0.39, 0.29) is 17.0 Å². The molecule has 1 fully saturated rings. The van der Waals surface area contributed by atoms with Crippen LogP contribution in [-0.4, -0.2) is 47.7 Å². The number of carbonyl (C=O) groups is 1. The summed E-state index contributed by atoms with van der Waals surface area (Å²) >= 11 is 1.53. The van der Waals surface area contributed by atoms with E-state index < -0.39 is 15.9 Å². The van der Waals surface area contributed by atoms with Gasteiger partial charge in [0.05, 0.1) is 10.6 Å². The van der Waals surface area contributed by atoms with Gasteiger partial charge in [0, 0.05) is 18.2 Å². The van der Waals surface area contributed by atoms with E-state index in [1.807, 2.05) is 13.2 Å². The van der Waals surface area contributed by atoms with Crippen LogP contribution in [0.3, 0.4) is 0 Å². The van der Waals surface area contributed by atoms with Gasteiger partial charge in [-0.3, -0.25) is 10.1 Å². The molecule has 3 rings (SSSR count). The van der Waals surface area contributed by atoms with Crippen molar-refractivity contribution < 1.29 is 17.6 Å². The van der Waals surface area contributed by atoms with Crippen LogP contribution in [0, 0.1) is 0 Å². The number of sulfonamides is 1. The quantitative estimate of drug-likeness (QED) is 0.780. The van der Waals surface area contributed by atoms with E-state index in [2.05, 4.69) is 15.5 Å². The molecule has 0 bridgehead atoms. The lowest BCUT2D eigenvalue weighted by atomic mass is 10.1. The van der Waals surface area contributed by atoms with Gasteiger partial charge in [0.15, 0.2) is 0 Å². The van der Waals surface area contributed by atoms with Crippen LogP contribution >= 0.6 is 11.8 Å². The first kappa shape index (κ1) is 19.8. The van der Waals surface area contributed by atoms with Gasteiger partial charge < -0.3 is 4.42 Å². The molecule has 0 aliphatic carbocycles. The number of carbonyl (C=O) groups excluding carboxylic acids is 1. The molecule has 0 spiro atoms. The van der Waals surface area contributed by atoms with Crippen molar-refractivity contribution in [2.75, 3.05) is 18.1 Å². The summed E-state index contributed by atoms with van der Waals surface area (Å²) in [7, 11) is -3.56. The highest BCUT2D eigenvalue weighted by Crippen LogP contribution is 2.25. The van der Waals surface area contributed by atoms with Crippen LogP contribution in [0.25, 0.3) is 0 Å². The van der Waals surface area contributed by atoms with Gasteiger partial charge in [0.25, 0.3) is 5.91 Å². The first-order valence-corrected chi connectivity index (χ1v) is 11.5. The summed E-state index contributed by atoms with van der Waals surface area (Å²) < 4.78 is 32.5. The maximum atomic E-state index is 12.8. The molecule has 146 valence electrons. The minimum Gasteiger partial charge on any atom is -0.407 e. The Balaban J connectivity index is 1.71. The minimum atomic E-state index is -3.56. The molecule has 1 atom stereocenters. The Hall–Kier alpha value is -1.91. The number of hydrogen-bond donors (Lipinski definition) is 1. The normalized spacial score (nSPS) is 18.4. The smallest absolute Gasteiger partial charge is 0.322 e. The number of aromatic nitrogens is 2. The van der Waals surface area contributed by atoms with Crippen molar-refractivity contribution in [3.8, 4) is 0 Å². The zero-order chi connectivity index (χ0) is 19.4. The van der Waals surface area contributed by atoms with Gasteiger partial charge in [-0.2, -0.15) is 16.1 Å². The fourth-order valence-electron chi connectivity index (χ4n) is 3.00. The molecule has 0 radical (unpaired) electrons. The van der Waals surface area contributed by atoms with Crippen LogP contribution in [0.5, 0.6) is 0 Å². The minimum absolute atomic E-state index is 0.0141. The van der Waals surface area contributed by atoms with Crippen LogP contribution in [-0.2, 0) is 15.8 Å². The predicted octanol–water partition coefficient (Wildman–Crippen LogP) is 2.75. The summed E-state index contributed by atoms with van der Waals surface area (Å²) in [4.78, 5) is 12.5. The lowest BCUT2D eigenvalue weighted by Crippen LogP contribution is -2.41. The first-order chi connectivity index (χ1) is 12.9. The average molecular weight is 411 g/mol. The molecule has 2 aromatic rings. The highest BCUT2D eigenvalue weighted by Gasteiger charge is 2.30. The van der Waals surface area contributed by atoms with Crippen LogP contribution < -0.4 is 5.32 Å². The lowest BCUT2D eigenvalue weighted by Gasteiger charge is -2.32. The number of anilines is 1. The Morgan fingerprint density at radius 2 is 2.04 bits per heavy atom. The van der Waals surface area contributed by atoms with E-state index >= 15 is 0 Å². The van der Waals surface area contributed by atoms with Crippen molar-refractivity contribution in [2.24, 2.45) is 0 Å². The van der Waals surface area contributed by atoms with Crippen LogP contribution in [0.4, 0.5) is 6.01 Å². The summed E-state index contributed by atoms with van der Waals surface area (Å²) in [5.41, 5.74) is 0.310. The fraction of sp³-hybridized carbons (Fsp3) is 0.471. The monoisotopic (exact) mass is 410 g/mol. The molecular formula is C17H22N4O4S2.